The van der Waals surface area contributed by atoms with E-state index in [0.717, 1.165) is 10.8 Å². The lowest BCUT2D eigenvalue weighted by atomic mass is 9.98. The van der Waals surface area contributed by atoms with E-state index in [4.69, 9.17) is 16.3 Å². The third kappa shape index (κ3) is 4.01. The second-order valence-electron chi connectivity index (χ2n) is 7.00. The zero-order valence-electron chi connectivity index (χ0n) is 15.6. The van der Waals surface area contributed by atoms with Crippen LogP contribution in [0.4, 0.5) is 0 Å². The maximum Gasteiger partial charge on any atom is 0.314 e. The lowest BCUT2D eigenvalue weighted by molar-refractivity contribution is -0.140. The number of hydrogen-bond donors (Lipinski definition) is 0. The van der Waals surface area contributed by atoms with Crippen LogP contribution in [0.15, 0.2) is 71.6 Å². The van der Waals surface area contributed by atoms with Gasteiger partial charge in [0.15, 0.2) is 0 Å². The Hall–Kier alpha value is -2.41. The number of esters is 1. The number of sulfonamides is 1. The van der Waals surface area contributed by atoms with E-state index in [1.54, 1.807) is 42.5 Å². The number of nitrogens with zero attached hydrogens (tertiary/aromatic N) is 1. The number of halogens is 1. The van der Waals surface area contributed by atoms with Crippen molar-refractivity contribution in [2.45, 2.75) is 17.7 Å². The summed E-state index contributed by atoms with van der Waals surface area (Å²) in [5, 5.41) is 2.19. The summed E-state index contributed by atoms with van der Waals surface area (Å²) in [4.78, 5) is 13.0. The molecule has 0 bridgehead atoms. The molecule has 0 amide bonds. The van der Waals surface area contributed by atoms with Gasteiger partial charge >= 0.3 is 5.97 Å². The highest BCUT2D eigenvalue weighted by Gasteiger charge is 2.33. The molecule has 0 aromatic heterocycles. The Morgan fingerprint density at radius 2 is 1.52 bits per heavy atom. The zero-order valence-corrected chi connectivity index (χ0v) is 17.2. The maximum atomic E-state index is 12.7. The molecule has 1 saturated heterocycles. The highest BCUT2D eigenvalue weighted by atomic mass is 35.5. The number of ether oxygens (including phenoxy) is 1. The Kier molecular flexibility index (Phi) is 5.58. The van der Waals surface area contributed by atoms with Gasteiger partial charge in [-0.2, -0.15) is 4.31 Å². The van der Waals surface area contributed by atoms with Gasteiger partial charge in [-0.15, -0.1) is 0 Å². The number of piperidine rings is 1. The molecule has 0 aliphatic carbocycles. The maximum absolute atomic E-state index is 12.7. The summed E-state index contributed by atoms with van der Waals surface area (Å²) < 4.78 is 32.6. The molecule has 1 aliphatic heterocycles. The molecule has 5 nitrogen and oxygen atoms in total. The third-order valence-electron chi connectivity index (χ3n) is 5.21. The summed E-state index contributed by atoms with van der Waals surface area (Å²) >= 11 is 6.22. The van der Waals surface area contributed by atoms with E-state index in [1.165, 1.54) is 4.31 Å². The lowest BCUT2D eigenvalue weighted by Gasteiger charge is -2.30. The van der Waals surface area contributed by atoms with E-state index in [-0.39, 0.29) is 16.8 Å². The van der Waals surface area contributed by atoms with Gasteiger partial charge in [0.05, 0.1) is 10.8 Å². The fourth-order valence-corrected chi connectivity index (χ4v) is 5.31. The molecule has 0 radical (unpaired) electrons. The molecule has 0 spiro atoms. The highest BCUT2D eigenvalue weighted by Crippen LogP contribution is 2.32. The van der Waals surface area contributed by atoms with E-state index in [0.29, 0.717) is 36.7 Å². The van der Waals surface area contributed by atoms with Crippen molar-refractivity contribution in [1.29, 1.82) is 0 Å². The monoisotopic (exact) mass is 429 g/mol. The minimum Gasteiger partial charge on any atom is -0.426 e. The van der Waals surface area contributed by atoms with Crippen LogP contribution in [0.2, 0.25) is 5.02 Å². The van der Waals surface area contributed by atoms with Crippen LogP contribution in [-0.4, -0.2) is 31.8 Å². The van der Waals surface area contributed by atoms with Crippen LogP contribution in [-0.2, 0) is 14.8 Å². The summed E-state index contributed by atoms with van der Waals surface area (Å²) in [6.07, 6.45) is 0.854. The Morgan fingerprint density at radius 3 is 2.21 bits per heavy atom. The molecule has 150 valence electrons. The van der Waals surface area contributed by atoms with E-state index < -0.39 is 10.0 Å². The summed E-state index contributed by atoms with van der Waals surface area (Å²) in [6, 6.07) is 19.2. The number of carbonyl (C=O) groups excluding carboxylic acids is 1. The molecular weight excluding hydrogens is 410 g/mol. The largest absolute Gasteiger partial charge is 0.426 e. The Balaban J connectivity index is 1.45. The second kappa shape index (κ2) is 8.14. The SMILES string of the molecule is O=C(Oc1ccc(Cl)c2ccccc12)C1CCN(S(=O)(=O)c2ccccc2)CC1. The van der Waals surface area contributed by atoms with Crippen molar-refractivity contribution in [3.8, 4) is 5.75 Å². The first kappa shape index (κ1) is 19.9. The van der Waals surface area contributed by atoms with E-state index in [1.807, 2.05) is 24.3 Å². The molecule has 1 fully saturated rings. The van der Waals surface area contributed by atoms with Gasteiger partial charge in [-0.25, -0.2) is 8.42 Å². The number of hydrogen-bond acceptors (Lipinski definition) is 4. The molecule has 1 heterocycles. The highest BCUT2D eigenvalue weighted by molar-refractivity contribution is 7.89. The molecule has 0 unspecified atom stereocenters. The van der Waals surface area contributed by atoms with Crippen molar-refractivity contribution >= 4 is 38.4 Å². The van der Waals surface area contributed by atoms with Crippen LogP contribution >= 0.6 is 11.6 Å². The van der Waals surface area contributed by atoms with Gasteiger partial charge in [-0.1, -0.05) is 54.1 Å². The Labute approximate surface area is 174 Å². The standard InChI is InChI=1S/C22H20ClNO4S/c23-20-10-11-21(19-9-5-4-8-18(19)20)28-22(25)16-12-14-24(15-13-16)29(26,27)17-6-2-1-3-7-17/h1-11,16H,12-15H2. The molecular formula is C22H20ClNO4S. The van der Waals surface area contributed by atoms with Crippen molar-refractivity contribution in [1.82, 2.24) is 4.31 Å². The molecule has 3 aromatic rings. The predicted molar refractivity (Wildman–Crippen MR) is 113 cm³/mol. The average Bonchev–Trinajstić information content (AvgIpc) is 2.76. The second-order valence-corrected chi connectivity index (χ2v) is 9.35. The summed E-state index contributed by atoms with van der Waals surface area (Å²) in [6.45, 7) is 0.580. The van der Waals surface area contributed by atoms with Crippen molar-refractivity contribution in [2.75, 3.05) is 13.1 Å². The summed E-state index contributed by atoms with van der Waals surface area (Å²) in [7, 11) is -3.54. The van der Waals surface area contributed by atoms with Gasteiger partial charge in [0.1, 0.15) is 5.75 Å². The minimum absolute atomic E-state index is 0.272. The van der Waals surface area contributed by atoms with Crippen molar-refractivity contribution in [2.24, 2.45) is 5.92 Å². The molecule has 7 heteroatoms. The number of rotatable bonds is 4. The smallest absolute Gasteiger partial charge is 0.314 e. The van der Waals surface area contributed by atoms with Crippen LogP contribution in [0, 0.1) is 5.92 Å². The summed E-state index contributed by atoms with van der Waals surface area (Å²) in [5.74, 6) is -0.213. The minimum atomic E-state index is -3.54. The first-order valence-electron chi connectivity index (χ1n) is 9.41. The van der Waals surface area contributed by atoms with Crippen molar-refractivity contribution in [3.05, 3.63) is 71.8 Å². The van der Waals surface area contributed by atoms with Gasteiger partial charge in [-0.3, -0.25) is 4.79 Å². The predicted octanol–water partition coefficient (Wildman–Crippen LogP) is 4.50. The van der Waals surface area contributed by atoms with Crippen molar-refractivity contribution < 1.29 is 17.9 Å². The molecule has 0 atom stereocenters. The van der Waals surface area contributed by atoms with E-state index in [2.05, 4.69) is 0 Å². The topological polar surface area (TPSA) is 63.7 Å². The lowest BCUT2D eigenvalue weighted by Crippen LogP contribution is -2.41. The van der Waals surface area contributed by atoms with Crippen LogP contribution in [0.3, 0.4) is 0 Å². The molecule has 0 N–H and O–H groups in total. The number of fused-ring (bicyclic) bond motifs is 1. The van der Waals surface area contributed by atoms with Crippen LogP contribution < -0.4 is 4.74 Å². The third-order valence-corrected chi connectivity index (χ3v) is 7.45. The normalized spacial score (nSPS) is 16.0. The van der Waals surface area contributed by atoms with E-state index in [9.17, 15) is 13.2 Å². The van der Waals surface area contributed by atoms with Crippen LogP contribution in [0.5, 0.6) is 5.75 Å². The first-order valence-corrected chi connectivity index (χ1v) is 11.2. The fourth-order valence-electron chi connectivity index (χ4n) is 3.59. The van der Waals surface area contributed by atoms with Crippen LogP contribution in [0.1, 0.15) is 12.8 Å². The molecule has 1 aliphatic rings. The van der Waals surface area contributed by atoms with Gasteiger partial charge in [0, 0.05) is 28.9 Å². The Morgan fingerprint density at radius 1 is 0.897 bits per heavy atom. The van der Waals surface area contributed by atoms with Gasteiger partial charge < -0.3 is 4.74 Å². The molecule has 3 aromatic carbocycles. The van der Waals surface area contributed by atoms with Crippen molar-refractivity contribution in [3.63, 3.8) is 0 Å². The number of carbonyl (C=O) groups is 1. The van der Waals surface area contributed by atoms with Crippen LogP contribution in [0.25, 0.3) is 10.8 Å². The summed E-state index contributed by atoms with van der Waals surface area (Å²) in [5.41, 5.74) is 0. The fraction of sp³-hybridized carbons (Fsp3) is 0.227. The molecule has 4 rings (SSSR count). The average molecular weight is 430 g/mol. The first-order chi connectivity index (χ1) is 14.0. The van der Waals surface area contributed by atoms with Gasteiger partial charge in [0.25, 0.3) is 0 Å². The quantitative estimate of drug-likeness (QED) is 0.452. The number of benzene rings is 3. The molecule has 29 heavy (non-hydrogen) atoms. The van der Waals surface area contributed by atoms with E-state index >= 15 is 0 Å². The molecule has 0 saturated carbocycles. The zero-order chi connectivity index (χ0) is 20.4. The van der Waals surface area contributed by atoms with Gasteiger partial charge in [-0.05, 0) is 37.1 Å². The Bertz CT molecular complexity index is 1140. The van der Waals surface area contributed by atoms with Gasteiger partial charge in [0.2, 0.25) is 10.0 Å².